The van der Waals surface area contributed by atoms with Gasteiger partial charge in [0.05, 0.1) is 0 Å². The third-order valence-electron chi connectivity index (χ3n) is 2.79. The molecule has 0 fully saturated rings. The molecule has 0 spiro atoms. The molecule has 0 aromatic rings. The van der Waals surface area contributed by atoms with Crippen LogP contribution in [0.1, 0.15) is 34.1 Å². The highest BCUT2D eigenvalue weighted by molar-refractivity contribution is 6.14. The summed E-state index contributed by atoms with van der Waals surface area (Å²) >= 11 is 0. The van der Waals surface area contributed by atoms with E-state index in [1.807, 2.05) is 13.8 Å². The lowest BCUT2D eigenvalue weighted by atomic mass is 10.0. The molecular weight excluding hydrogens is 236 g/mol. The first kappa shape index (κ1) is 16.3. The summed E-state index contributed by atoms with van der Waals surface area (Å²) in [7, 11) is 0.898. The molecular formula is C12H24O4Si. The van der Waals surface area contributed by atoms with Crippen LogP contribution in [-0.4, -0.2) is 40.8 Å². The smallest absolute Gasteiger partial charge is 0.331 e. The summed E-state index contributed by atoms with van der Waals surface area (Å²) in [6, 6.07) is 0. The highest BCUT2D eigenvalue weighted by Crippen LogP contribution is 2.27. The predicted octanol–water partition coefficient (Wildman–Crippen LogP) is 1.35. The lowest BCUT2D eigenvalue weighted by Gasteiger charge is -2.25. The third-order valence-corrected chi connectivity index (χ3v) is 4.23. The summed E-state index contributed by atoms with van der Waals surface area (Å²) in [6.07, 6.45) is 0.409. The van der Waals surface area contributed by atoms with E-state index in [2.05, 4.69) is 6.92 Å². The Labute approximate surface area is 106 Å². The van der Waals surface area contributed by atoms with Gasteiger partial charge in [0.1, 0.15) is 0 Å². The van der Waals surface area contributed by atoms with Crippen molar-refractivity contribution in [3.8, 4) is 0 Å². The average Bonchev–Trinajstić information content (AvgIpc) is 2.29. The van der Waals surface area contributed by atoms with Crippen molar-refractivity contribution in [1.82, 2.24) is 0 Å². The van der Waals surface area contributed by atoms with Crippen molar-refractivity contribution in [2.45, 2.75) is 45.9 Å². The molecule has 0 heterocycles. The fraction of sp³-hybridized carbons (Fsp3) is 0.750. The molecule has 5 heteroatoms. The quantitative estimate of drug-likeness (QED) is 0.407. The normalized spacial score (nSPS) is 14.9. The fourth-order valence-electron chi connectivity index (χ4n) is 1.65. The second kappa shape index (κ2) is 8.44. The molecule has 1 N–H and O–H groups in total. The van der Waals surface area contributed by atoms with E-state index in [1.165, 1.54) is 0 Å². The van der Waals surface area contributed by atoms with E-state index >= 15 is 0 Å². The van der Waals surface area contributed by atoms with Gasteiger partial charge in [-0.1, -0.05) is 13.3 Å². The van der Waals surface area contributed by atoms with Gasteiger partial charge in [-0.3, -0.25) is 0 Å². The largest absolute Gasteiger partial charge is 0.478 e. The standard InChI is InChI=1S/C12H24O4Si/c1-5-9(17)10(8(4)11(13)14)12(15-6-2)16-7-3/h9,12H,5-7H2,1-4,17H3,(H,13,14). The number of carboxylic acid groups (broad SMARTS) is 1. The molecule has 4 nitrogen and oxygen atoms in total. The summed E-state index contributed by atoms with van der Waals surface area (Å²) in [5.74, 6) is -0.890. The molecule has 0 aliphatic rings. The molecule has 1 unspecified atom stereocenters. The number of carboxylic acids is 1. The predicted molar refractivity (Wildman–Crippen MR) is 71.4 cm³/mol. The Kier molecular flexibility index (Phi) is 8.12. The molecule has 0 aliphatic carbocycles. The van der Waals surface area contributed by atoms with E-state index in [0.717, 1.165) is 22.2 Å². The maximum Gasteiger partial charge on any atom is 0.331 e. The SMILES string of the molecule is CCOC(OCC)C(=C(C)C(=O)O)C([SiH3])CC. The number of aliphatic carboxylic acids is 1. The molecule has 0 bridgehead atoms. The highest BCUT2D eigenvalue weighted by Gasteiger charge is 2.24. The summed E-state index contributed by atoms with van der Waals surface area (Å²) < 4.78 is 11.0. The van der Waals surface area contributed by atoms with Crippen LogP contribution < -0.4 is 0 Å². The number of hydrogen-bond acceptors (Lipinski definition) is 3. The lowest BCUT2D eigenvalue weighted by Crippen LogP contribution is -2.25. The zero-order chi connectivity index (χ0) is 13.4. The summed E-state index contributed by atoms with van der Waals surface area (Å²) in [5.41, 5.74) is 1.43. The molecule has 0 aromatic carbocycles. The van der Waals surface area contributed by atoms with Crippen LogP contribution in [0.2, 0.25) is 5.54 Å². The molecule has 0 rings (SSSR count). The summed E-state index contributed by atoms with van der Waals surface area (Å²) in [4.78, 5) is 11.1. The highest BCUT2D eigenvalue weighted by atomic mass is 28.1. The maximum absolute atomic E-state index is 11.1. The Morgan fingerprint density at radius 1 is 1.24 bits per heavy atom. The molecule has 0 aliphatic heterocycles. The number of carbonyl (C=O) groups is 1. The van der Waals surface area contributed by atoms with Gasteiger partial charge in [0, 0.05) is 29.0 Å². The molecule has 100 valence electrons. The van der Waals surface area contributed by atoms with E-state index in [1.54, 1.807) is 6.92 Å². The van der Waals surface area contributed by atoms with Gasteiger partial charge in [0.25, 0.3) is 0 Å². The average molecular weight is 260 g/mol. The van der Waals surface area contributed by atoms with Gasteiger partial charge in [-0.2, -0.15) is 0 Å². The second-order valence-electron chi connectivity index (χ2n) is 3.94. The number of ether oxygens (including phenoxy) is 2. The van der Waals surface area contributed by atoms with Gasteiger partial charge in [-0.05, 0) is 31.9 Å². The minimum Gasteiger partial charge on any atom is -0.478 e. The monoisotopic (exact) mass is 260 g/mol. The van der Waals surface area contributed by atoms with Crippen LogP contribution in [0, 0.1) is 0 Å². The van der Waals surface area contributed by atoms with Crippen molar-refractivity contribution in [3.05, 3.63) is 11.1 Å². The Hall–Kier alpha value is -0.653. The Bertz CT molecular complexity index is 270. The zero-order valence-electron chi connectivity index (χ0n) is 11.4. The minimum atomic E-state index is -0.890. The van der Waals surface area contributed by atoms with Gasteiger partial charge in [0.15, 0.2) is 6.29 Å². The first-order chi connectivity index (χ1) is 7.99. The van der Waals surface area contributed by atoms with E-state index in [9.17, 15) is 4.79 Å². The zero-order valence-corrected chi connectivity index (χ0v) is 13.4. The summed E-state index contributed by atoms with van der Waals surface area (Å²) in [6.45, 7) is 8.48. The fourth-order valence-corrected chi connectivity index (χ4v) is 2.36. The molecule has 0 amide bonds. The van der Waals surface area contributed by atoms with Crippen LogP contribution in [0.15, 0.2) is 11.1 Å². The van der Waals surface area contributed by atoms with Gasteiger partial charge in [0.2, 0.25) is 0 Å². The molecule has 0 saturated heterocycles. The van der Waals surface area contributed by atoms with Crippen molar-refractivity contribution in [1.29, 1.82) is 0 Å². The molecule has 0 saturated carbocycles. The third kappa shape index (κ3) is 5.02. The lowest BCUT2D eigenvalue weighted by molar-refractivity contribution is -0.134. The molecule has 0 aromatic heterocycles. The van der Waals surface area contributed by atoms with Crippen LogP contribution in [-0.2, 0) is 14.3 Å². The van der Waals surface area contributed by atoms with E-state index in [0.29, 0.717) is 18.8 Å². The van der Waals surface area contributed by atoms with Crippen LogP contribution >= 0.6 is 0 Å². The first-order valence-electron chi connectivity index (χ1n) is 6.16. The van der Waals surface area contributed by atoms with Crippen molar-refractivity contribution in [2.24, 2.45) is 0 Å². The van der Waals surface area contributed by atoms with Crippen molar-refractivity contribution < 1.29 is 19.4 Å². The van der Waals surface area contributed by atoms with Crippen molar-refractivity contribution >= 4 is 16.2 Å². The van der Waals surface area contributed by atoms with Crippen LogP contribution in [0.25, 0.3) is 0 Å². The van der Waals surface area contributed by atoms with Crippen LogP contribution in [0.3, 0.4) is 0 Å². The number of rotatable bonds is 8. The molecule has 0 radical (unpaired) electrons. The maximum atomic E-state index is 11.1. The topological polar surface area (TPSA) is 55.8 Å². The second-order valence-corrected chi connectivity index (χ2v) is 5.33. The van der Waals surface area contributed by atoms with Gasteiger partial charge in [-0.25, -0.2) is 4.79 Å². The van der Waals surface area contributed by atoms with E-state index in [4.69, 9.17) is 14.6 Å². The van der Waals surface area contributed by atoms with Gasteiger partial charge >= 0.3 is 5.97 Å². The van der Waals surface area contributed by atoms with E-state index < -0.39 is 12.3 Å². The summed E-state index contributed by atoms with van der Waals surface area (Å²) in [5, 5.41) is 9.13. The Balaban J connectivity index is 5.25. The first-order valence-corrected chi connectivity index (χ1v) is 7.32. The van der Waals surface area contributed by atoms with Crippen LogP contribution in [0.5, 0.6) is 0 Å². The molecule has 1 atom stereocenters. The Morgan fingerprint density at radius 2 is 1.71 bits per heavy atom. The van der Waals surface area contributed by atoms with Gasteiger partial charge in [-0.15, -0.1) is 0 Å². The molecule has 17 heavy (non-hydrogen) atoms. The van der Waals surface area contributed by atoms with E-state index in [-0.39, 0.29) is 5.54 Å². The van der Waals surface area contributed by atoms with Gasteiger partial charge < -0.3 is 14.6 Å². The minimum absolute atomic E-state index is 0.272. The Morgan fingerprint density at radius 3 is 2.00 bits per heavy atom. The number of hydrogen-bond donors (Lipinski definition) is 1. The van der Waals surface area contributed by atoms with Crippen LogP contribution in [0.4, 0.5) is 0 Å². The van der Waals surface area contributed by atoms with Crippen molar-refractivity contribution in [3.63, 3.8) is 0 Å². The van der Waals surface area contributed by atoms with Crippen molar-refractivity contribution in [2.75, 3.05) is 13.2 Å².